The SMILES string of the molecule is CCN(CC)Cc1ccc2c3c(ccc2c1)C1=C(CCC=C1)CC3. The topological polar surface area (TPSA) is 3.24 Å². The number of hydrogen-bond donors (Lipinski definition) is 0. The van der Waals surface area contributed by atoms with Crippen molar-refractivity contribution in [1.82, 2.24) is 4.90 Å². The first-order valence-electron chi connectivity index (χ1n) is 9.46. The molecule has 0 aromatic heterocycles. The maximum atomic E-state index is 2.48. The molecule has 0 saturated carbocycles. The van der Waals surface area contributed by atoms with Crippen LogP contribution in [0.25, 0.3) is 16.3 Å². The van der Waals surface area contributed by atoms with E-state index in [9.17, 15) is 0 Å². The van der Waals surface area contributed by atoms with E-state index in [4.69, 9.17) is 0 Å². The quantitative estimate of drug-likeness (QED) is 0.696. The molecule has 0 heterocycles. The summed E-state index contributed by atoms with van der Waals surface area (Å²) in [6, 6.07) is 11.8. The highest BCUT2D eigenvalue weighted by atomic mass is 15.1. The molecule has 4 rings (SSSR count). The van der Waals surface area contributed by atoms with Crippen molar-refractivity contribution in [2.45, 2.75) is 46.1 Å². The molecule has 1 heteroatoms. The number of nitrogens with zero attached hydrogens (tertiary/aromatic N) is 1. The number of aryl methyl sites for hydroxylation is 1. The van der Waals surface area contributed by atoms with Crippen LogP contribution in [0.5, 0.6) is 0 Å². The van der Waals surface area contributed by atoms with Gasteiger partial charge in [0, 0.05) is 6.54 Å². The zero-order valence-corrected chi connectivity index (χ0v) is 14.9. The smallest absolute Gasteiger partial charge is 0.0233 e. The first-order valence-corrected chi connectivity index (χ1v) is 9.46. The zero-order valence-electron chi connectivity index (χ0n) is 14.9. The Morgan fingerprint density at radius 2 is 1.83 bits per heavy atom. The second kappa shape index (κ2) is 6.57. The van der Waals surface area contributed by atoms with Crippen LogP contribution in [0.1, 0.15) is 49.8 Å². The Hall–Kier alpha value is -1.86. The molecule has 0 fully saturated rings. The molecule has 0 amide bonds. The molecule has 0 bridgehead atoms. The Balaban J connectivity index is 1.75. The van der Waals surface area contributed by atoms with Gasteiger partial charge in [-0.1, -0.05) is 55.8 Å². The van der Waals surface area contributed by atoms with Gasteiger partial charge in [0.1, 0.15) is 0 Å². The van der Waals surface area contributed by atoms with Crippen LogP contribution in [0.4, 0.5) is 0 Å². The fourth-order valence-electron chi connectivity index (χ4n) is 4.30. The van der Waals surface area contributed by atoms with E-state index in [0.29, 0.717) is 0 Å². The number of fused-ring (bicyclic) bond motifs is 4. The molecule has 0 saturated heterocycles. The Bertz CT molecular complexity index is 821. The maximum Gasteiger partial charge on any atom is 0.0233 e. The zero-order chi connectivity index (χ0) is 16.5. The Kier molecular flexibility index (Phi) is 4.28. The van der Waals surface area contributed by atoms with Gasteiger partial charge in [-0.05, 0) is 77.9 Å². The van der Waals surface area contributed by atoms with Crippen LogP contribution in [0.15, 0.2) is 48.1 Å². The summed E-state index contributed by atoms with van der Waals surface area (Å²) < 4.78 is 0. The molecule has 0 unspecified atom stereocenters. The van der Waals surface area contributed by atoms with Crippen molar-refractivity contribution in [2.24, 2.45) is 0 Å². The van der Waals surface area contributed by atoms with Crippen molar-refractivity contribution in [1.29, 1.82) is 0 Å². The summed E-state index contributed by atoms with van der Waals surface area (Å²) in [6.45, 7) is 7.76. The molecule has 0 N–H and O–H groups in total. The van der Waals surface area contributed by atoms with E-state index in [1.807, 2.05) is 0 Å². The fourth-order valence-corrected chi connectivity index (χ4v) is 4.30. The van der Waals surface area contributed by atoms with Gasteiger partial charge in [-0.3, -0.25) is 4.90 Å². The Labute approximate surface area is 145 Å². The molecule has 0 radical (unpaired) electrons. The summed E-state index contributed by atoms with van der Waals surface area (Å²) >= 11 is 0. The largest absolute Gasteiger partial charge is 0.300 e. The molecule has 124 valence electrons. The molecule has 2 aromatic rings. The summed E-state index contributed by atoms with van der Waals surface area (Å²) in [7, 11) is 0. The van der Waals surface area contributed by atoms with Gasteiger partial charge in [-0.25, -0.2) is 0 Å². The summed E-state index contributed by atoms with van der Waals surface area (Å²) in [6.07, 6.45) is 9.62. The van der Waals surface area contributed by atoms with Crippen molar-refractivity contribution >= 4 is 16.3 Å². The number of benzene rings is 2. The van der Waals surface area contributed by atoms with Crippen LogP contribution in [-0.2, 0) is 13.0 Å². The van der Waals surface area contributed by atoms with Crippen molar-refractivity contribution in [3.05, 3.63) is 64.7 Å². The molecule has 2 aliphatic carbocycles. The number of rotatable bonds is 4. The number of allylic oxidation sites excluding steroid dienone is 4. The molecule has 24 heavy (non-hydrogen) atoms. The van der Waals surface area contributed by atoms with E-state index in [1.165, 1.54) is 53.2 Å². The predicted molar refractivity (Wildman–Crippen MR) is 104 cm³/mol. The highest BCUT2D eigenvalue weighted by Crippen LogP contribution is 2.39. The lowest BCUT2D eigenvalue weighted by atomic mass is 9.79. The van der Waals surface area contributed by atoms with Crippen LogP contribution in [0.2, 0.25) is 0 Å². The van der Waals surface area contributed by atoms with Gasteiger partial charge in [0.15, 0.2) is 0 Å². The number of hydrogen-bond acceptors (Lipinski definition) is 1. The van der Waals surface area contributed by atoms with Crippen molar-refractivity contribution in [3.8, 4) is 0 Å². The highest BCUT2D eigenvalue weighted by Gasteiger charge is 2.20. The first-order chi connectivity index (χ1) is 11.8. The minimum Gasteiger partial charge on any atom is -0.300 e. The van der Waals surface area contributed by atoms with E-state index in [2.05, 4.69) is 61.2 Å². The van der Waals surface area contributed by atoms with Gasteiger partial charge < -0.3 is 0 Å². The summed E-state index contributed by atoms with van der Waals surface area (Å²) in [5.74, 6) is 0. The van der Waals surface area contributed by atoms with Gasteiger partial charge in [0.05, 0.1) is 0 Å². The van der Waals surface area contributed by atoms with Crippen LogP contribution >= 0.6 is 0 Å². The third-order valence-electron chi connectivity index (χ3n) is 5.74. The monoisotopic (exact) mass is 317 g/mol. The molecule has 0 aliphatic heterocycles. The van der Waals surface area contributed by atoms with Gasteiger partial charge in [-0.15, -0.1) is 0 Å². The van der Waals surface area contributed by atoms with Crippen molar-refractivity contribution in [2.75, 3.05) is 13.1 Å². The van der Waals surface area contributed by atoms with Crippen LogP contribution < -0.4 is 0 Å². The third kappa shape index (κ3) is 2.71. The molecule has 2 aromatic carbocycles. The second-order valence-corrected chi connectivity index (χ2v) is 7.07. The summed E-state index contributed by atoms with van der Waals surface area (Å²) in [5.41, 5.74) is 7.65. The van der Waals surface area contributed by atoms with Crippen LogP contribution in [0.3, 0.4) is 0 Å². The Morgan fingerprint density at radius 3 is 2.67 bits per heavy atom. The lowest BCUT2D eigenvalue weighted by molar-refractivity contribution is 0.296. The second-order valence-electron chi connectivity index (χ2n) is 7.07. The third-order valence-corrected chi connectivity index (χ3v) is 5.74. The minimum atomic E-state index is 1.05. The normalized spacial score (nSPS) is 16.6. The van der Waals surface area contributed by atoms with Crippen molar-refractivity contribution in [3.63, 3.8) is 0 Å². The average Bonchev–Trinajstić information content (AvgIpc) is 2.65. The van der Waals surface area contributed by atoms with Crippen molar-refractivity contribution < 1.29 is 0 Å². The maximum absolute atomic E-state index is 2.48. The van der Waals surface area contributed by atoms with Crippen LogP contribution in [-0.4, -0.2) is 18.0 Å². The lowest BCUT2D eigenvalue weighted by Gasteiger charge is -2.25. The molecule has 0 atom stereocenters. The first kappa shape index (κ1) is 15.7. The summed E-state index contributed by atoms with van der Waals surface area (Å²) in [4.78, 5) is 2.48. The molecule has 2 aliphatic rings. The van der Waals surface area contributed by atoms with Gasteiger partial charge >= 0.3 is 0 Å². The van der Waals surface area contributed by atoms with Gasteiger partial charge in [-0.2, -0.15) is 0 Å². The molecular formula is C23H27N. The molecule has 0 spiro atoms. The fraction of sp³-hybridized carbons (Fsp3) is 0.391. The van der Waals surface area contributed by atoms with E-state index in [0.717, 1.165) is 19.6 Å². The molecular weight excluding hydrogens is 290 g/mol. The average molecular weight is 317 g/mol. The van der Waals surface area contributed by atoms with E-state index in [-0.39, 0.29) is 0 Å². The van der Waals surface area contributed by atoms with E-state index in [1.54, 1.807) is 11.1 Å². The lowest BCUT2D eigenvalue weighted by Crippen LogP contribution is -2.22. The van der Waals surface area contributed by atoms with Gasteiger partial charge in [0.2, 0.25) is 0 Å². The highest BCUT2D eigenvalue weighted by molar-refractivity contribution is 5.94. The predicted octanol–water partition coefficient (Wildman–Crippen LogP) is 5.73. The summed E-state index contributed by atoms with van der Waals surface area (Å²) in [5, 5.41) is 2.86. The minimum absolute atomic E-state index is 1.05. The molecule has 1 nitrogen and oxygen atoms in total. The Morgan fingerprint density at radius 1 is 0.958 bits per heavy atom. The van der Waals surface area contributed by atoms with E-state index < -0.39 is 0 Å². The standard InChI is InChI=1S/C23H27N/c1-3-24(4-2)16-17-9-12-21-19(15-17)11-14-22-20-8-6-5-7-18(20)10-13-23(21)22/h6,8-9,11-12,14-15H,3-5,7,10,13,16H2,1-2H3. The van der Waals surface area contributed by atoms with Crippen LogP contribution in [0, 0.1) is 0 Å². The van der Waals surface area contributed by atoms with Gasteiger partial charge in [0.25, 0.3) is 0 Å². The van der Waals surface area contributed by atoms with E-state index >= 15 is 0 Å².